The minimum atomic E-state index is 0.773. The lowest BCUT2D eigenvalue weighted by Gasteiger charge is -2.33. The Labute approximate surface area is 127 Å². The van der Waals surface area contributed by atoms with Crippen molar-refractivity contribution in [3.05, 3.63) is 28.8 Å². The summed E-state index contributed by atoms with van der Waals surface area (Å²) in [6.07, 6.45) is 2.57. The number of halogens is 1. The predicted molar refractivity (Wildman–Crippen MR) is 87.7 cm³/mol. The van der Waals surface area contributed by atoms with Gasteiger partial charge in [-0.05, 0) is 57.6 Å². The van der Waals surface area contributed by atoms with Gasteiger partial charge in [-0.15, -0.1) is 0 Å². The predicted octanol–water partition coefficient (Wildman–Crippen LogP) is 2.84. The van der Waals surface area contributed by atoms with E-state index in [0.29, 0.717) is 0 Å². The maximum atomic E-state index is 6.42. The molecule has 0 radical (unpaired) electrons. The van der Waals surface area contributed by atoms with Crippen LogP contribution in [0.2, 0.25) is 5.02 Å². The first-order valence-electron chi connectivity index (χ1n) is 7.43. The van der Waals surface area contributed by atoms with Gasteiger partial charge in [-0.2, -0.15) is 0 Å². The highest BCUT2D eigenvalue weighted by Crippen LogP contribution is 2.30. The van der Waals surface area contributed by atoms with Gasteiger partial charge in [0.1, 0.15) is 0 Å². The molecule has 1 aromatic carbocycles. The molecule has 112 valence electrons. The van der Waals surface area contributed by atoms with Crippen molar-refractivity contribution < 1.29 is 0 Å². The quantitative estimate of drug-likeness (QED) is 0.901. The summed E-state index contributed by atoms with van der Waals surface area (Å²) in [6, 6.07) is 6.17. The van der Waals surface area contributed by atoms with E-state index in [0.717, 1.165) is 24.0 Å². The van der Waals surface area contributed by atoms with Crippen LogP contribution in [0.5, 0.6) is 0 Å². The number of hydrogen-bond acceptors (Lipinski definition) is 3. The summed E-state index contributed by atoms with van der Waals surface area (Å²) >= 11 is 6.42. The molecular formula is C16H26ClN3. The average Bonchev–Trinajstić information content (AvgIpc) is 2.42. The summed E-state index contributed by atoms with van der Waals surface area (Å²) in [5, 5.41) is 4.08. The molecule has 0 aliphatic carbocycles. The molecular weight excluding hydrogens is 270 g/mol. The summed E-state index contributed by atoms with van der Waals surface area (Å²) in [6.45, 7) is 4.37. The Bertz CT molecular complexity index is 428. The van der Waals surface area contributed by atoms with E-state index in [-0.39, 0.29) is 0 Å². The van der Waals surface area contributed by atoms with Gasteiger partial charge in [-0.25, -0.2) is 0 Å². The number of likely N-dealkylation sites (tertiary alicyclic amines) is 1. The van der Waals surface area contributed by atoms with Crippen LogP contribution in [-0.4, -0.2) is 45.7 Å². The third kappa shape index (κ3) is 3.87. The first-order chi connectivity index (χ1) is 9.61. The molecule has 0 bridgehead atoms. The molecule has 1 fully saturated rings. The van der Waals surface area contributed by atoms with Crippen molar-refractivity contribution >= 4 is 17.3 Å². The van der Waals surface area contributed by atoms with Crippen molar-refractivity contribution in [2.45, 2.75) is 19.4 Å². The normalized spacial score (nSPS) is 17.4. The number of piperidine rings is 1. The van der Waals surface area contributed by atoms with Crippen molar-refractivity contribution in [3.8, 4) is 0 Å². The molecule has 1 N–H and O–H groups in total. The number of rotatable bonds is 5. The van der Waals surface area contributed by atoms with Gasteiger partial charge in [0.2, 0.25) is 0 Å². The summed E-state index contributed by atoms with van der Waals surface area (Å²) in [5.41, 5.74) is 2.46. The van der Waals surface area contributed by atoms with Gasteiger partial charge in [0.15, 0.2) is 0 Å². The minimum Gasteiger partial charge on any atom is -0.373 e. The SMILES string of the molecule is CNCc1cccc(Cl)c1N(C)CC1CCN(C)CC1. The summed E-state index contributed by atoms with van der Waals surface area (Å²) < 4.78 is 0. The molecule has 20 heavy (non-hydrogen) atoms. The van der Waals surface area contributed by atoms with Crippen LogP contribution in [0.1, 0.15) is 18.4 Å². The van der Waals surface area contributed by atoms with Gasteiger partial charge in [-0.1, -0.05) is 23.7 Å². The Balaban J connectivity index is 2.06. The lowest BCUT2D eigenvalue weighted by atomic mass is 9.96. The molecule has 0 spiro atoms. The highest BCUT2D eigenvalue weighted by molar-refractivity contribution is 6.33. The third-order valence-corrected chi connectivity index (χ3v) is 4.49. The molecule has 1 aromatic rings. The monoisotopic (exact) mass is 295 g/mol. The van der Waals surface area contributed by atoms with Gasteiger partial charge in [-0.3, -0.25) is 0 Å². The first kappa shape index (κ1) is 15.6. The van der Waals surface area contributed by atoms with Crippen LogP contribution >= 0.6 is 11.6 Å². The van der Waals surface area contributed by atoms with E-state index in [1.165, 1.54) is 37.2 Å². The van der Waals surface area contributed by atoms with E-state index in [4.69, 9.17) is 11.6 Å². The highest BCUT2D eigenvalue weighted by Gasteiger charge is 2.20. The second kappa shape index (κ2) is 7.30. The zero-order chi connectivity index (χ0) is 14.5. The van der Waals surface area contributed by atoms with Crippen molar-refractivity contribution in [1.29, 1.82) is 0 Å². The Kier molecular flexibility index (Phi) is 5.70. The molecule has 2 rings (SSSR count). The van der Waals surface area contributed by atoms with Crippen LogP contribution in [0.15, 0.2) is 18.2 Å². The zero-order valence-corrected chi connectivity index (χ0v) is 13.6. The third-order valence-electron chi connectivity index (χ3n) is 4.19. The fourth-order valence-corrected chi connectivity index (χ4v) is 3.38. The van der Waals surface area contributed by atoms with E-state index >= 15 is 0 Å². The van der Waals surface area contributed by atoms with E-state index in [1.54, 1.807) is 0 Å². The zero-order valence-electron chi connectivity index (χ0n) is 12.8. The fraction of sp³-hybridized carbons (Fsp3) is 0.625. The number of nitrogens with one attached hydrogen (secondary N) is 1. The van der Waals surface area contributed by atoms with Gasteiger partial charge in [0, 0.05) is 20.1 Å². The van der Waals surface area contributed by atoms with Crippen molar-refractivity contribution in [2.75, 3.05) is 45.7 Å². The Morgan fingerprint density at radius 3 is 2.70 bits per heavy atom. The largest absolute Gasteiger partial charge is 0.373 e. The van der Waals surface area contributed by atoms with Gasteiger partial charge in [0.25, 0.3) is 0 Å². The van der Waals surface area contributed by atoms with Crippen LogP contribution in [0.3, 0.4) is 0 Å². The Morgan fingerprint density at radius 2 is 2.05 bits per heavy atom. The maximum absolute atomic E-state index is 6.42. The van der Waals surface area contributed by atoms with Crippen molar-refractivity contribution in [3.63, 3.8) is 0 Å². The number of para-hydroxylation sites is 1. The van der Waals surface area contributed by atoms with Gasteiger partial charge < -0.3 is 15.1 Å². The van der Waals surface area contributed by atoms with Gasteiger partial charge in [0.05, 0.1) is 10.7 Å². The van der Waals surface area contributed by atoms with Crippen molar-refractivity contribution in [1.82, 2.24) is 10.2 Å². The highest BCUT2D eigenvalue weighted by atomic mass is 35.5. The van der Waals surface area contributed by atoms with Crippen LogP contribution in [-0.2, 0) is 6.54 Å². The lowest BCUT2D eigenvalue weighted by molar-refractivity contribution is 0.222. The van der Waals surface area contributed by atoms with E-state index in [2.05, 4.69) is 35.3 Å². The number of anilines is 1. The van der Waals surface area contributed by atoms with Gasteiger partial charge >= 0.3 is 0 Å². The molecule has 0 aromatic heterocycles. The second-order valence-corrected chi connectivity index (χ2v) is 6.31. The van der Waals surface area contributed by atoms with Crippen LogP contribution in [0.25, 0.3) is 0 Å². The molecule has 0 saturated carbocycles. The molecule has 3 nitrogen and oxygen atoms in total. The fourth-order valence-electron chi connectivity index (χ4n) is 3.04. The topological polar surface area (TPSA) is 18.5 Å². The first-order valence-corrected chi connectivity index (χ1v) is 7.81. The second-order valence-electron chi connectivity index (χ2n) is 5.91. The molecule has 1 aliphatic rings. The lowest BCUT2D eigenvalue weighted by Crippen LogP contribution is -2.36. The minimum absolute atomic E-state index is 0.773. The Hall–Kier alpha value is -0.770. The number of hydrogen-bond donors (Lipinski definition) is 1. The number of benzene rings is 1. The number of nitrogens with zero attached hydrogens (tertiary/aromatic N) is 2. The van der Waals surface area contributed by atoms with Crippen molar-refractivity contribution in [2.24, 2.45) is 5.92 Å². The molecule has 0 unspecified atom stereocenters. The van der Waals surface area contributed by atoms with E-state index in [1.807, 2.05) is 19.2 Å². The Morgan fingerprint density at radius 1 is 1.35 bits per heavy atom. The molecule has 1 heterocycles. The summed E-state index contributed by atoms with van der Waals surface area (Å²) in [4.78, 5) is 4.75. The van der Waals surface area contributed by atoms with E-state index < -0.39 is 0 Å². The maximum Gasteiger partial charge on any atom is 0.0642 e. The average molecular weight is 296 g/mol. The van der Waals surface area contributed by atoms with Crippen LogP contribution in [0, 0.1) is 5.92 Å². The standard InChI is InChI=1S/C16H26ClN3/c1-18-11-14-5-4-6-15(17)16(14)20(3)12-13-7-9-19(2)10-8-13/h4-6,13,18H,7-12H2,1-3H3. The summed E-state index contributed by atoms with van der Waals surface area (Å²) in [5.74, 6) is 0.773. The molecule has 0 atom stereocenters. The molecule has 4 heteroatoms. The molecule has 1 saturated heterocycles. The summed E-state index contributed by atoms with van der Waals surface area (Å²) in [7, 11) is 6.35. The van der Waals surface area contributed by atoms with Crippen LogP contribution in [0.4, 0.5) is 5.69 Å². The van der Waals surface area contributed by atoms with Crippen LogP contribution < -0.4 is 10.2 Å². The van der Waals surface area contributed by atoms with E-state index in [9.17, 15) is 0 Å². The molecule has 0 amide bonds. The molecule has 1 aliphatic heterocycles. The smallest absolute Gasteiger partial charge is 0.0642 e.